The van der Waals surface area contributed by atoms with Crippen LogP contribution in [0.4, 0.5) is 0 Å². The van der Waals surface area contributed by atoms with Crippen molar-refractivity contribution in [2.24, 2.45) is 0 Å². The number of carbonyl (C=O) groups excluding carboxylic acids is 2. The number of hydrogen-bond donors (Lipinski definition) is 2. The van der Waals surface area contributed by atoms with Crippen molar-refractivity contribution in [2.45, 2.75) is 0 Å². The Morgan fingerprint density at radius 3 is 2.18 bits per heavy atom. The molecule has 6 nitrogen and oxygen atoms in total. The average molecular weight is 300 g/mol. The molecule has 112 valence electrons. The van der Waals surface area contributed by atoms with Gasteiger partial charge in [-0.05, 0) is 18.2 Å². The van der Waals surface area contributed by atoms with Crippen molar-refractivity contribution in [3.05, 3.63) is 46.5 Å². The van der Waals surface area contributed by atoms with E-state index < -0.39 is 23.1 Å². The van der Waals surface area contributed by atoms with E-state index in [4.69, 9.17) is 9.47 Å². The Morgan fingerprint density at radius 2 is 1.55 bits per heavy atom. The molecule has 3 rings (SSSR count). The molecule has 0 amide bonds. The zero-order chi connectivity index (χ0) is 16.0. The van der Waals surface area contributed by atoms with Crippen LogP contribution < -0.4 is 9.47 Å². The molecule has 2 aromatic rings. The lowest BCUT2D eigenvalue weighted by Crippen LogP contribution is -2.21. The quantitative estimate of drug-likeness (QED) is 0.702. The second-order valence-electron chi connectivity index (χ2n) is 4.77. The monoisotopic (exact) mass is 300 g/mol. The summed E-state index contributed by atoms with van der Waals surface area (Å²) in [6.07, 6.45) is 0. The van der Waals surface area contributed by atoms with Gasteiger partial charge in [0, 0.05) is 17.2 Å². The van der Waals surface area contributed by atoms with Crippen molar-refractivity contribution in [1.29, 1.82) is 0 Å². The Balaban J connectivity index is 2.34. The van der Waals surface area contributed by atoms with Gasteiger partial charge in [-0.2, -0.15) is 0 Å². The zero-order valence-corrected chi connectivity index (χ0v) is 11.8. The topological polar surface area (TPSA) is 93.1 Å². The minimum atomic E-state index is -0.574. The summed E-state index contributed by atoms with van der Waals surface area (Å²) in [4.78, 5) is 25.1. The molecule has 0 unspecified atom stereocenters. The summed E-state index contributed by atoms with van der Waals surface area (Å²) in [5.74, 6) is -1.66. The van der Waals surface area contributed by atoms with E-state index in [-0.39, 0.29) is 28.0 Å². The van der Waals surface area contributed by atoms with E-state index in [0.717, 1.165) is 6.07 Å². The highest BCUT2D eigenvalue weighted by Crippen LogP contribution is 2.43. The molecule has 2 N–H and O–H groups in total. The molecule has 0 radical (unpaired) electrons. The van der Waals surface area contributed by atoms with Crippen LogP contribution in [0.5, 0.6) is 23.0 Å². The molecule has 0 saturated carbocycles. The number of phenolic OH excluding ortho intramolecular Hbond substituents is 2. The van der Waals surface area contributed by atoms with Gasteiger partial charge in [0.15, 0.2) is 23.1 Å². The maximum atomic E-state index is 12.6. The third kappa shape index (κ3) is 1.74. The van der Waals surface area contributed by atoms with Crippen LogP contribution in [0, 0.1) is 0 Å². The Kier molecular flexibility index (Phi) is 3.02. The lowest BCUT2D eigenvalue weighted by atomic mass is 9.82. The molecular formula is C16H12O6. The normalized spacial score (nSPS) is 12.6. The van der Waals surface area contributed by atoms with E-state index in [1.807, 2.05) is 0 Å². The number of hydrogen-bond acceptors (Lipinski definition) is 6. The van der Waals surface area contributed by atoms with Gasteiger partial charge in [0.2, 0.25) is 0 Å². The number of aromatic hydroxyl groups is 2. The highest BCUT2D eigenvalue weighted by molar-refractivity contribution is 6.30. The summed E-state index contributed by atoms with van der Waals surface area (Å²) >= 11 is 0. The summed E-state index contributed by atoms with van der Waals surface area (Å²) in [7, 11) is 2.73. The number of phenols is 2. The van der Waals surface area contributed by atoms with Gasteiger partial charge in [-0.25, -0.2) is 0 Å². The largest absolute Gasteiger partial charge is 0.507 e. The summed E-state index contributed by atoms with van der Waals surface area (Å²) in [5, 5.41) is 20.2. The highest BCUT2D eigenvalue weighted by Gasteiger charge is 2.36. The van der Waals surface area contributed by atoms with Crippen LogP contribution in [0.15, 0.2) is 24.3 Å². The first kappa shape index (κ1) is 13.9. The molecule has 0 spiro atoms. The molecule has 0 fully saturated rings. The summed E-state index contributed by atoms with van der Waals surface area (Å²) in [5.41, 5.74) is -0.221. The van der Waals surface area contributed by atoms with Crippen LogP contribution in [-0.2, 0) is 0 Å². The van der Waals surface area contributed by atoms with Gasteiger partial charge in [-0.1, -0.05) is 0 Å². The molecule has 0 aliphatic heterocycles. The second kappa shape index (κ2) is 4.77. The molecular weight excluding hydrogens is 288 g/mol. The first-order valence-electron chi connectivity index (χ1n) is 6.40. The number of ketones is 2. The third-order valence-corrected chi connectivity index (χ3v) is 3.63. The summed E-state index contributed by atoms with van der Waals surface area (Å²) in [6.45, 7) is 0. The van der Waals surface area contributed by atoms with Crippen LogP contribution in [0.1, 0.15) is 31.8 Å². The predicted octanol–water partition coefficient (Wildman–Crippen LogP) is 1.89. The number of rotatable bonds is 2. The van der Waals surface area contributed by atoms with Gasteiger partial charge < -0.3 is 19.7 Å². The summed E-state index contributed by atoms with van der Waals surface area (Å²) < 4.78 is 9.96. The molecule has 6 heteroatoms. The number of carbonyl (C=O) groups is 2. The Labute approximate surface area is 125 Å². The van der Waals surface area contributed by atoms with Gasteiger partial charge in [-0.15, -0.1) is 0 Å². The Morgan fingerprint density at radius 1 is 0.864 bits per heavy atom. The first-order valence-corrected chi connectivity index (χ1v) is 6.40. The fourth-order valence-electron chi connectivity index (χ4n) is 2.55. The first-order chi connectivity index (χ1) is 10.5. The van der Waals surface area contributed by atoms with Crippen molar-refractivity contribution in [2.75, 3.05) is 14.2 Å². The fraction of sp³-hybridized carbons (Fsp3) is 0.125. The van der Waals surface area contributed by atoms with Crippen molar-refractivity contribution in [1.82, 2.24) is 0 Å². The highest BCUT2D eigenvalue weighted by atomic mass is 16.5. The second-order valence-corrected chi connectivity index (χ2v) is 4.77. The molecule has 1 aliphatic carbocycles. The van der Waals surface area contributed by atoms with Crippen molar-refractivity contribution < 1.29 is 29.3 Å². The molecule has 2 aromatic carbocycles. The van der Waals surface area contributed by atoms with Gasteiger partial charge in [0.05, 0.1) is 25.3 Å². The van der Waals surface area contributed by atoms with E-state index in [1.54, 1.807) is 6.07 Å². The fourth-order valence-corrected chi connectivity index (χ4v) is 2.55. The van der Waals surface area contributed by atoms with Gasteiger partial charge in [0.1, 0.15) is 11.5 Å². The van der Waals surface area contributed by atoms with Crippen LogP contribution in [-0.4, -0.2) is 36.0 Å². The lowest BCUT2D eigenvalue weighted by Gasteiger charge is -2.21. The van der Waals surface area contributed by atoms with Gasteiger partial charge in [-0.3, -0.25) is 9.59 Å². The minimum absolute atomic E-state index is 0.0799. The van der Waals surface area contributed by atoms with E-state index in [2.05, 4.69) is 0 Å². The lowest BCUT2D eigenvalue weighted by molar-refractivity contribution is 0.0973. The van der Waals surface area contributed by atoms with E-state index in [9.17, 15) is 19.8 Å². The molecule has 1 aliphatic rings. The maximum Gasteiger partial charge on any atom is 0.198 e. The van der Waals surface area contributed by atoms with Crippen molar-refractivity contribution in [3.63, 3.8) is 0 Å². The third-order valence-electron chi connectivity index (χ3n) is 3.63. The molecule has 0 saturated heterocycles. The number of ether oxygens (including phenoxy) is 2. The van der Waals surface area contributed by atoms with Crippen LogP contribution in [0.2, 0.25) is 0 Å². The summed E-state index contributed by atoms with van der Waals surface area (Å²) in [6, 6.07) is 5.54. The minimum Gasteiger partial charge on any atom is -0.507 e. The van der Waals surface area contributed by atoms with Gasteiger partial charge >= 0.3 is 0 Å². The van der Waals surface area contributed by atoms with E-state index >= 15 is 0 Å². The zero-order valence-electron chi connectivity index (χ0n) is 11.8. The van der Waals surface area contributed by atoms with Crippen LogP contribution in [0.3, 0.4) is 0 Å². The predicted molar refractivity (Wildman–Crippen MR) is 76.2 cm³/mol. The standard InChI is InChI=1S/C16H12O6/c1-21-7-3-4-8-9(5-7)15(19)13-12(14(8)18)10(17)6-11(22-2)16(13)20/h3-6,17,20H,1-2H3. The number of fused-ring (bicyclic) bond motifs is 2. The Hall–Kier alpha value is -3.02. The van der Waals surface area contributed by atoms with Crippen LogP contribution >= 0.6 is 0 Å². The number of methoxy groups -OCH3 is 2. The van der Waals surface area contributed by atoms with E-state index in [1.165, 1.54) is 26.4 Å². The van der Waals surface area contributed by atoms with Crippen molar-refractivity contribution >= 4 is 11.6 Å². The molecule has 22 heavy (non-hydrogen) atoms. The van der Waals surface area contributed by atoms with Crippen LogP contribution in [0.25, 0.3) is 0 Å². The van der Waals surface area contributed by atoms with Crippen molar-refractivity contribution in [3.8, 4) is 23.0 Å². The van der Waals surface area contributed by atoms with Gasteiger partial charge in [0.25, 0.3) is 0 Å². The number of benzene rings is 2. The molecule has 0 heterocycles. The average Bonchev–Trinajstić information content (AvgIpc) is 2.53. The SMILES string of the molecule is COc1ccc2c(c1)C(=O)c1c(O)c(OC)cc(O)c1C2=O. The molecule has 0 bridgehead atoms. The maximum absolute atomic E-state index is 12.6. The Bertz CT molecular complexity index is 822. The molecule has 0 atom stereocenters. The molecule has 0 aromatic heterocycles. The smallest absolute Gasteiger partial charge is 0.198 e. The van der Waals surface area contributed by atoms with E-state index in [0.29, 0.717) is 5.75 Å².